The predicted octanol–water partition coefficient (Wildman–Crippen LogP) is 4.82. The summed E-state index contributed by atoms with van der Waals surface area (Å²) in [6.45, 7) is 3.82. The zero-order chi connectivity index (χ0) is 28.5. The normalized spacial score (nSPS) is 32.9. The molecule has 4 aliphatic rings. The van der Waals surface area contributed by atoms with E-state index in [1.807, 2.05) is 30.3 Å². The first-order chi connectivity index (χ1) is 19.0. The molecule has 0 aromatic heterocycles. The van der Waals surface area contributed by atoms with Crippen LogP contribution in [0.5, 0.6) is 11.5 Å². The van der Waals surface area contributed by atoms with Gasteiger partial charge in [-0.2, -0.15) is 21.6 Å². The number of hydrogen-bond acceptors (Lipinski definition) is 7. The summed E-state index contributed by atoms with van der Waals surface area (Å²) in [5, 5.41) is 0. The number of rotatable bonds is 8. The van der Waals surface area contributed by atoms with E-state index in [4.69, 9.17) is 18.4 Å². The van der Waals surface area contributed by atoms with Crippen molar-refractivity contribution in [2.75, 3.05) is 27.3 Å². The zero-order valence-electron chi connectivity index (χ0n) is 22.7. The predicted molar refractivity (Wildman–Crippen MR) is 141 cm³/mol. The molecule has 40 heavy (non-hydrogen) atoms. The summed E-state index contributed by atoms with van der Waals surface area (Å²) in [4.78, 5) is 2.39. The van der Waals surface area contributed by atoms with Gasteiger partial charge < -0.3 is 23.3 Å². The van der Waals surface area contributed by atoms with Gasteiger partial charge in [-0.3, -0.25) is 0 Å². The van der Waals surface area contributed by atoms with Crippen LogP contribution in [0.4, 0.5) is 13.2 Å². The molecule has 1 unspecified atom stereocenters. The Morgan fingerprint density at radius 3 is 2.58 bits per heavy atom. The summed E-state index contributed by atoms with van der Waals surface area (Å²) < 4.78 is 87.5. The third-order valence-electron chi connectivity index (χ3n) is 9.93. The second-order valence-corrected chi connectivity index (χ2v) is 13.1. The summed E-state index contributed by atoms with van der Waals surface area (Å²) in [5.74, 6) is -0.363. The van der Waals surface area contributed by atoms with Gasteiger partial charge in [-0.25, -0.2) is 0 Å². The van der Waals surface area contributed by atoms with E-state index >= 15 is 0 Å². The smallest absolute Gasteiger partial charge is 0.482 e. The van der Waals surface area contributed by atoms with Crippen molar-refractivity contribution in [3.8, 4) is 11.5 Å². The number of likely N-dealkylation sites (tertiary alicyclic amines) is 1. The maximum atomic E-state index is 13.3. The van der Waals surface area contributed by atoms with Gasteiger partial charge in [-0.05, 0) is 61.9 Å². The summed E-state index contributed by atoms with van der Waals surface area (Å²) in [6, 6.07) is 13.1. The molecule has 1 saturated heterocycles. The van der Waals surface area contributed by atoms with Gasteiger partial charge in [-0.15, -0.1) is 0 Å². The van der Waals surface area contributed by atoms with Gasteiger partial charge >= 0.3 is 15.6 Å². The SMILES string of the molecule is CC[C@]12C[C@H](COCc3ccccc3)C(OC)[C@@H]3Oc4c(OS(=O)(=O)C(F)(F)F)ccc5c4[C@@]31CCN(C)[C@@H]2C5. The molecule has 1 saturated carbocycles. The molecule has 218 valence electrons. The van der Waals surface area contributed by atoms with Crippen LogP contribution in [0.15, 0.2) is 42.5 Å². The largest absolute Gasteiger partial charge is 0.534 e. The van der Waals surface area contributed by atoms with E-state index in [0.29, 0.717) is 26.1 Å². The molecule has 6 rings (SSSR count). The highest BCUT2D eigenvalue weighted by Gasteiger charge is 2.73. The van der Waals surface area contributed by atoms with Gasteiger partial charge in [-0.1, -0.05) is 43.3 Å². The van der Waals surface area contributed by atoms with Gasteiger partial charge in [0.25, 0.3) is 0 Å². The Hall–Kier alpha value is -2.34. The second kappa shape index (κ2) is 9.61. The molecule has 2 aliphatic carbocycles. The van der Waals surface area contributed by atoms with E-state index in [1.165, 1.54) is 6.07 Å². The lowest BCUT2D eigenvalue weighted by Crippen LogP contribution is -2.74. The van der Waals surface area contributed by atoms with Crippen LogP contribution < -0.4 is 8.92 Å². The minimum Gasteiger partial charge on any atom is -0.482 e. The van der Waals surface area contributed by atoms with E-state index in [0.717, 1.165) is 36.1 Å². The first-order valence-corrected chi connectivity index (χ1v) is 15.1. The Morgan fingerprint density at radius 2 is 1.90 bits per heavy atom. The number of ether oxygens (including phenoxy) is 3. The molecule has 2 fully saturated rings. The van der Waals surface area contributed by atoms with Gasteiger partial charge in [0.15, 0.2) is 11.5 Å². The molecule has 11 heteroatoms. The number of halogens is 3. The molecule has 0 radical (unpaired) electrons. The van der Waals surface area contributed by atoms with Crippen molar-refractivity contribution in [1.82, 2.24) is 4.90 Å². The Labute approximate surface area is 232 Å². The van der Waals surface area contributed by atoms with Crippen molar-refractivity contribution in [3.05, 3.63) is 59.2 Å². The van der Waals surface area contributed by atoms with Crippen LogP contribution in [0, 0.1) is 11.3 Å². The Kier molecular flexibility index (Phi) is 6.68. The van der Waals surface area contributed by atoms with Crippen molar-refractivity contribution < 1.29 is 40.0 Å². The standard InChI is InChI=1S/C29H34F3NO6S/c1-4-27-15-20(17-37-16-18-8-6-5-7-9-18)24(36-3)26-28(27)12-13-33(2)22(27)14-19-10-11-21(25(38-26)23(19)28)39-40(34,35)29(30,31)32/h5-11,20,22,24,26H,4,12-17H2,1-3H3/t20-,22-,24?,26+,27-,28+/m1/s1. The van der Waals surface area contributed by atoms with Gasteiger partial charge in [0, 0.05) is 30.0 Å². The monoisotopic (exact) mass is 581 g/mol. The van der Waals surface area contributed by atoms with E-state index < -0.39 is 39.0 Å². The number of hydrogen-bond donors (Lipinski definition) is 0. The minimum atomic E-state index is -5.87. The Bertz CT molecular complexity index is 1390. The van der Waals surface area contributed by atoms with E-state index in [1.54, 1.807) is 13.2 Å². The average molecular weight is 582 g/mol. The lowest BCUT2D eigenvalue weighted by molar-refractivity contribution is -0.195. The van der Waals surface area contributed by atoms with Crippen LogP contribution in [0.1, 0.15) is 42.9 Å². The molecule has 7 nitrogen and oxygen atoms in total. The molecule has 0 N–H and O–H groups in total. The van der Waals surface area contributed by atoms with Crippen LogP contribution in [-0.2, 0) is 38.0 Å². The molecule has 6 atom stereocenters. The number of methoxy groups -OCH3 is 1. The van der Waals surface area contributed by atoms with E-state index in [2.05, 4.69) is 18.9 Å². The zero-order valence-corrected chi connectivity index (χ0v) is 23.6. The number of benzene rings is 2. The molecule has 2 aromatic carbocycles. The summed E-state index contributed by atoms with van der Waals surface area (Å²) in [7, 11) is -2.12. The third kappa shape index (κ3) is 3.84. The summed E-state index contributed by atoms with van der Waals surface area (Å²) in [6.07, 6.45) is 2.07. The third-order valence-corrected chi connectivity index (χ3v) is 10.9. The molecule has 2 bridgehead atoms. The Balaban J connectivity index is 1.43. The number of likely N-dealkylation sites (N-methyl/N-ethyl adjacent to an activating group) is 1. The van der Waals surface area contributed by atoms with Crippen LogP contribution in [0.25, 0.3) is 0 Å². The molecule has 2 aromatic rings. The van der Waals surface area contributed by atoms with E-state index in [-0.39, 0.29) is 23.1 Å². The second-order valence-electron chi connectivity index (χ2n) is 11.5. The highest BCUT2D eigenvalue weighted by molar-refractivity contribution is 7.88. The fourth-order valence-corrected chi connectivity index (χ4v) is 8.84. The van der Waals surface area contributed by atoms with Crippen molar-refractivity contribution >= 4 is 10.1 Å². The van der Waals surface area contributed by atoms with Gasteiger partial charge in [0.2, 0.25) is 0 Å². The molecular formula is C29H34F3NO6S. The lowest BCUT2D eigenvalue weighted by atomic mass is 9.41. The molecule has 0 amide bonds. The van der Waals surface area contributed by atoms with E-state index in [9.17, 15) is 21.6 Å². The summed E-state index contributed by atoms with van der Waals surface area (Å²) in [5.41, 5.74) is -3.57. The fraction of sp³-hybridized carbons (Fsp3) is 0.586. The molecule has 2 heterocycles. The Morgan fingerprint density at radius 1 is 1.15 bits per heavy atom. The topological polar surface area (TPSA) is 74.3 Å². The fourth-order valence-electron chi connectivity index (χ4n) is 8.38. The van der Waals surface area contributed by atoms with Crippen LogP contribution >= 0.6 is 0 Å². The van der Waals surface area contributed by atoms with Crippen LogP contribution in [-0.4, -0.2) is 64.4 Å². The van der Waals surface area contributed by atoms with Crippen molar-refractivity contribution in [1.29, 1.82) is 0 Å². The molecule has 2 aliphatic heterocycles. The van der Waals surface area contributed by atoms with Gasteiger partial charge in [0.1, 0.15) is 6.10 Å². The average Bonchev–Trinajstić information content (AvgIpc) is 3.26. The first kappa shape index (κ1) is 27.8. The van der Waals surface area contributed by atoms with Crippen molar-refractivity contribution in [3.63, 3.8) is 0 Å². The number of nitrogens with zero attached hydrogens (tertiary/aromatic N) is 1. The first-order valence-electron chi connectivity index (χ1n) is 13.7. The van der Waals surface area contributed by atoms with Crippen LogP contribution in [0.2, 0.25) is 0 Å². The number of piperidine rings is 1. The minimum absolute atomic E-state index is 0.0417. The maximum absolute atomic E-state index is 13.3. The molecule has 1 spiro atoms. The molecular weight excluding hydrogens is 547 g/mol. The highest BCUT2D eigenvalue weighted by Crippen LogP contribution is 2.71. The summed E-state index contributed by atoms with van der Waals surface area (Å²) >= 11 is 0. The lowest BCUT2D eigenvalue weighted by Gasteiger charge is -2.67. The quantitative estimate of drug-likeness (QED) is 0.327. The van der Waals surface area contributed by atoms with Gasteiger partial charge in [0.05, 0.1) is 19.3 Å². The van der Waals surface area contributed by atoms with Crippen molar-refractivity contribution in [2.24, 2.45) is 11.3 Å². The highest BCUT2D eigenvalue weighted by atomic mass is 32.2. The maximum Gasteiger partial charge on any atom is 0.534 e. The number of alkyl halides is 3. The van der Waals surface area contributed by atoms with Crippen LogP contribution in [0.3, 0.4) is 0 Å². The van der Waals surface area contributed by atoms with Crippen molar-refractivity contribution in [2.45, 2.75) is 68.4 Å².